The van der Waals surface area contributed by atoms with Crippen LogP contribution in [0.4, 0.5) is 4.79 Å². The number of aliphatic carboxylic acids is 1. The van der Waals surface area contributed by atoms with Crippen molar-refractivity contribution in [2.24, 2.45) is 0 Å². The molecule has 2 aromatic carbocycles. The summed E-state index contributed by atoms with van der Waals surface area (Å²) >= 11 is 0. The molecule has 0 fully saturated rings. The summed E-state index contributed by atoms with van der Waals surface area (Å²) in [5.41, 5.74) is 4.36. The summed E-state index contributed by atoms with van der Waals surface area (Å²) in [7, 11) is 0. The maximum Gasteiger partial charge on any atom is 0.407 e. The van der Waals surface area contributed by atoms with Crippen LogP contribution in [-0.4, -0.2) is 53.8 Å². The first-order valence-corrected chi connectivity index (χ1v) is 10.7. The maximum atomic E-state index is 12.3. The number of hydrogen-bond acceptors (Lipinski definition) is 7. The summed E-state index contributed by atoms with van der Waals surface area (Å²) in [5, 5.41) is 19.1. The monoisotopic (exact) mass is 478 g/mol. The van der Waals surface area contributed by atoms with E-state index in [0.29, 0.717) is 0 Å². The molecule has 0 atom stereocenters. The number of amides is 3. The van der Waals surface area contributed by atoms with E-state index in [4.69, 9.17) is 14.4 Å². The van der Waals surface area contributed by atoms with E-state index >= 15 is 0 Å². The van der Waals surface area contributed by atoms with Crippen molar-refractivity contribution in [1.29, 1.82) is 0 Å². The quantitative estimate of drug-likeness (QED) is 0.361. The molecule has 11 nitrogen and oxygen atoms in total. The molecule has 1 aliphatic carbocycles. The fourth-order valence-corrected chi connectivity index (χ4v) is 3.80. The van der Waals surface area contributed by atoms with Crippen LogP contribution in [0.2, 0.25) is 0 Å². The highest BCUT2D eigenvalue weighted by atomic mass is 16.5. The molecular weight excluding hydrogens is 456 g/mol. The zero-order chi connectivity index (χ0) is 24.8. The predicted molar refractivity (Wildman–Crippen MR) is 121 cm³/mol. The van der Waals surface area contributed by atoms with Crippen LogP contribution in [0, 0.1) is 0 Å². The Morgan fingerprint density at radius 3 is 2.23 bits per heavy atom. The van der Waals surface area contributed by atoms with Crippen molar-refractivity contribution >= 4 is 23.9 Å². The van der Waals surface area contributed by atoms with E-state index in [-0.39, 0.29) is 30.5 Å². The lowest BCUT2D eigenvalue weighted by Crippen LogP contribution is -2.39. The van der Waals surface area contributed by atoms with E-state index in [2.05, 4.69) is 21.1 Å². The molecule has 3 aromatic rings. The second-order valence-corrected chi connectivity index (χ2v) is 7.71. The number of nitrogens with one attached hydrogen (secondary N) is 3. The number of fused-ring (bicyclic) bond motifs is 3. The Morgan fingerprint density at radius 1 is 0.914 bits per heavy atom. The molecule has 0 aliphatic heterocycles. The summed E-state index contributed by atoms with van der Waals surface area (Å²) in [6.07, 6.45) is -0.649. The summed E-state index contributed by atoms with van der Waals surface area (Å²) in [4.78, 5) is 46.2. The van der Waals surface area contributed by atoms with Crippen molar-refractivity contribution < 1.29 is 33.5 Å². The fourth-order valence-electron chi connectivity index (χ4n) is 3.80. The Labute approximate surface area is 199 Å². The van der Waals surface area contributed by atoms with E-state index in [0.717, 1.165) is 22.3 Å². The molecule has 11 heteroatoms. The normalized spacial score (nSPS) is 11.8. The van der Waals surface area contributed by atoms with Crippen LogP contribution in [0.1, 0.15) is 33.3 Å². The lowest BCUT2D eigenvalue weighted by Gasteiger charge is -2.14. The maximum absolute atomic E-state index is 12.3. The van der Waals surface area contributed by atoms with Gasteiger partial charge in [0.1, 0.15) is 13.2 Å². The molecule has 35 heavy (non-hydrogen) atoms. The highest BCUT2D eigenvalue weighted by Gasteiger charge is 2.29. The van der Waals surface area contributed by atoms with E-state index in [1.54, 1.807) is 0 Å². The first kappa shape index (κ1) is 23.5. The van der Waals surface area contributed by atoms with Crippen molar-refractivity contribution in [1.82, 2.24) is 21.1 Å². The zero-order valence-corrected chi connectivity index (χ0v) is 18.4. The highest BCUT2D eigenvalue weighted by molar-refractivity contribution is 5.95. The average molecular weight is 478 g/mol. The minimum Gasteiger partial charge on any atom is -0.480 e. The summed E-state index contributed by atoms with van der Waals surface area (Å²) < 4.78 is 10.5. The zero-order valence-electron chi connectivity index (χ0n) is 18.4. The molecule has 4 N–H and O–H groups in total. The number of hydrogen-bond donors (Lipinski definition) is 4. The minimum absolute atomic E-state index is 0.0595. The number of benzene rings is 2. The second-order valence-electron chi connectivity index (χ2n) is 7.71. The molecule has 0 unspecified atom stereocenters. The number of carbonyl (C=O) groups is 4. The first-order chi connectivity index (χ1) is 16.9. The van der Waals surface area contributed by atoms with Crippen molar-refractivity contribution in [3.05, 3.63) is 77.2 Å². The molecule has 1 aromatic heterocycles. The molecule has 0 radical (unpaired) electrons. The van der Waals surface area contributed by atoms with E-state index < -0.39 is 37.0 Å². The molecule has 1 aliphatic rings. The minimum atomic E-state index is -1.20. The van der Waals surface area contributed by atoms with Gasteiger partial charge in [-0.2, -0.15) is 0 Å². The van der Waals surface area contributed by atoms with Crippen LogP contribution in [0.25, 0.3) is 11.1 Å². The molecule has 0 saturated carbocycles. The summed E-state index contributed by atoms with van der Waals surface area (Å²) in [5.74, 6) is -2.41. The van der Waals surface area contributed by atoms with Crippen LogP contribution in [0.5, 0.6) is 0 Å². The van der Waals surface area contributed by atoms with Gasteiger partial charge < -0.3 is 30.3 Å². The summed E-state index contributed by atoms with van der Waals surface area (Å²) in [6, 6.07) is 17.3. The third-order valence-electron chi connectivity index (χ3n) is 5.39. The van der Waals surface area contributed by atoms with Gasteiger partial charge in [-0.1, -0.05) is 53.7 Å². The standard InChI is InChI=1S/C24H22N4O7/c29-21(25-12-22(30)31)11-26-23(32)20-9-14(35-28-20)10-27-24(33)34-13-19-17-7-3-1-5-15(17)16-6-2-4-8-18(16)19/h1-9,19H,10-13H2,(H,25,29)(H,26,32)(H,27,33)(H,30,31). The van der Waals surface area contributed by atoms with Gasteiger partial charge in [0.25, 0.3) is 5.91 Å². The second kappa shape index (κ2) is 10.5. The van der Waals surface area contributed by atoms with Gasteiger partial charge in [0.15, 0.2) is 11.5 Å². The van der Waals surface area contributed by atoms with E-state index in [1.165, 1.54) is 6.07 Å². The number of carboxylic acids is 1. The average Bonchev–Trinajstić information content (AvgIpc) is 3.46. The molecular formula is C24H22N4O7. The SMILES string of the molecule is O=C(O)CNC(=O)CNC(=O)c1cc(CNC(=O)OCC2c3ccccc3-c3ccccc32)on1. The third kappa shape index (κ3) is 5.64. The molecule has 0 spiro atoms. The van der Waals surface area contributed by atoms with Crippen LogP contribution >= 0.6 is 0 Å². The number of aromatic nitrogens is 1. The van der Waals surface area contributed by atoms with Gasteiger partial charge in [-0.15, -0.1) is 0 Å². The Bertz CT molecular complexity index is 1220. The van der Waals surface area contributed by atoms with Gasteiger partial charge in [-0.05, 0) is 22.3 Å². The van der Waals surface area contributed by atoms with Crippen molar-refractivity contribution in [3.63, 3.8) is 0 Å². The van der Waals surface area contributed by atoms with Crippen molar-refractivity contribution in [2.75, 3.05) is 19.7 Å². The van der Waals surface area contributed by atoms with Gasteiger partial charge in [0.05, 0.1) is 13.1 Å². The number of nitrogens with zero attached hydrogens (tertiary/aromatic N) is 1. The Kier molecular flexibility index (Phi) is 7.05. The van der Waals surface area contributed by atoms with Crippen LogP contribution < -0.4 is 16.0 Å². The Balaban J connectivity index is 1.25. The molecule has 3 amide bonds. The fraction of sp³-hybridized carbons (Fsp3) is 0.208. The van der Waals surface area contributed by atoms with E-state index in [1.807, 2.05) is 48.5 Å². The van der Waals surface area contributed by atoms with Crippen molar-refractivity contribution in [3.8, 4) is 11.1 Å². The topological polar surface area (TPSA) is 160 Å². The third-order valence-corrected chi connectivity index (χ3v) is 5.39. The molecule has 4 rings (SSSR count). The van der Waals surface area contributed by atoms with Crippen LogP contribution in [-0.2, 0) is 20.9 Å². The lowest BCUT2D eigenvalue weighted by atomic mass is 9.98. The number of rotatable bonds is 9. The van der Waals surface area contributed by atoms with Gasteiger partial charge in [-0.3, -0.25) is 14.4 Å². The first-order valence-electron chi connectivity index (χ1n) is 10.7. The van der Waals surface area contributed by atoms with Crippen LogP contribution in [0.3, 0.4) is 0 Å². The smallest absolute Gasteiger partial charge is 0.407 e. The summed E-state index contributed by atoms with van der Waals surface area (Å²) in [6.45, 7) is -0.874. The van der Waals surface area contributed by atoms with Crippen LogP contribution in [0.15, 0.2) is 59.1 Å². The molecule has 0 bridgehead atoms. The van der Waals surface area contributed by atoms with E-state index in [9.17, 15) is 19.2 Å². The van der Waals surface area contributed by atoms with Gasteiger partial charge >= 0.3 is 12.1 Å². The van der Waals surface area contributed by atoms with Gasteiger partial charge in [-0.25, -0.2) is 4.79 Å². The largest absolute Gasteiger partial charge is 0.480 e. The number of carbonyl (C=O) groups excluding carboxylic acids is 3. The van der Waals surface area contributed by atoms with Gasteiger partial charge in [0.2, 0.25) is 5.91 Å². The Morgan fingerprint density at radius 2 is 1.57 bits per heavy atom. The number of carboxylic acid groups (broad SMARTS) is 1. The lowest BCUT2D eigenvalue weighted by molar-refractivity contribution is -0.137. The molecule has 0 saturated heterocycles. The Hall–Kier alpha value is -4.67. The molecule has 1 heterocycles. The molecule has 180 valence electrons. The number of alkyl carbamates (subject to hydrolysis) is 1. The van der Waals surface area contributed by atoms with Gasteiger partial charge in [0, 0.05) is 12.0 Å². The highest BCUT2D eigenvalue weighted by Crippen LogP contribution is 2.44. The number of ether oxygens (including phenoxy) is 1. The predicted octanol–water partition coefficient (Wildman–Crippen LogP) is 1.64. The van der Waals surface area contributed by atoms with Crippen molar-refractivity contribution in [2.45, 2.75) is 12.5 Å².